The van der Waals surface area contributed by atoms with E-state index < -0.39 is 46.5 Å². The van der Waals surface area contributed by atoms with Crippen LogP contribution in [0.25, 0.3) is 16.7 Å². The van der Waals surface area contributed by atoms with Crippen LogP contribution in [0.4, 0.5) is 17.6 Å². The lowest BCUT2D eigenvalue weighted by atomic mass is 9.90. The second kappa shape index (κ2) is 9.77. The van der Waals surface area contributed by atoms with E-state index in [1.807, 2.05) is 0 Å². The lowest BCUT2D eigenvalue weighted by Crippen LogP contribution is -2.45. The van der Waals surface area contributed by atoms with Gasteiger partial charge in [0.25, 0.3) is 11.5 Å². The molecule has 0 spiro atoms. The first-order valence-corrected chi connectivity index (χ1v) is 11.7. The van der Waals surface area contributed by atoms with Gasteiger partial charge in [0, 0.05) is 18.2 Å². The maximum Gasteiger partial charge on any atom is 0.337 e. The molecule has 2 aromatic heterocycles. The normalized spacial score (nSPS) is 17.5. The molecule has 0 unspecified atom stereocenters. The highest BCUT2D eigenvalue weighted by Gasteiger charge is 2.28. The van der Waals surface area contributed by atoms with Crippen molar-refractivity contribution in [2.75, 3.05) is 0 Å². The molecule has 2 aromatic carbocycles. The third-order valence-corrected chi connectivity index (χ3v) is 6.65. The Bertz CT molecular complexity index is 1690. The molecule has 1 fully saturated rings. The van der Waals surface area contributed by atoms with Crippen LogP contribution < -0.4 is 16.6 Å². The van der Waals surface area contributed by atoms with Crippen molar-refractivity contribution in [3.63, 3.8) is 0 Å². The van der Waals surface area contributed by atoms with Crippen molar-refractivity contribution in [2.24, 2.45) is 0 Å². The first kappa shape index (κ1) is 25.2. The minimum atomic E-state index is -1.22. The quantitative estimate of drug-likeness (QED) is 0.393. The molecule has 196 valence electrons. The number of fused-ring (bicyclic) bond motifs is 1. The number of pyridine rings is 1. The predicted octanol–water partition coefficient (Wildman–Crippen LogP) is 3.72. The van der Waals surface area contributed by atoms with Gasteiger partial charge in [-0.05, 0) is 62.1 Å². The van der Waals surface area contributed by atoms with Crippen LogP contribution in [0.5, 0.6) is 5.75 Å². The molecule has 4 aromatic rings. The van der Waals surface area contributed by atoms with Gasteiger partial charge in [-0.25, -0.2) is 31.9 Å². The smallest absolute Gasteiger partial charge is 0.337 e. The Hall–Kier alpha value is -4.48. The summed E-state index contributed by atoms with van der Waals surface area (Å²) in [5.41, 5.74) is -2.17. The van der Waals surface area contributed by atoms with E-state index in [-0.39, 0.29) is 46.9 Å². The van der Waals surface area contributed by atoms with Gasteiger partial charge in [-0.2, -0.15) is 0 Å². The van der Waals surface area contributed by atoms with Crippen molar-refractivity contribution in [1.82, 2.24) is 19.4 Å². The Morgan fingerprint density at radius 3 is 2.37 bits per heavy atom. The largest absolute Gasteiger partial charge is 0.507 e. The molecule has 2 heterocycles. The van der Waals surface area contributed by atoms with E-state index in [4.69, 9.17) is 0 Å². The topological polar surface area (TPSA) is 106 Å². The minimum Gasteiger partial charge on any atom is -0.507 e. The van der Waals surface area contributed by atoms with Crippen LogP contribution in [0.2, 0.25) is 0 Å². The molecule has 1 amide bonds. The molecule has 2 N–H and O–H groups in total. The third-order valence-electron chi connectivity index (χ3n) is 6.65. The summed E-state index contributed by atoms with van der Waals surface area (Å²) in [6.45, 7) is 0. The standard InChI is InChI=1S/C26H20F4N4O4/c27-13-1-8-22(35)18(9-13)24(36)32-15-2-4-16(5-3-15)34-25(37)19-10-14(28)12-31-23(19)33(26(34)38)17-6-7-20(29)21(30)11-17/h1,6-12,15-16,35H,2-5H2,(H,32,36)/t15-,16+. The van der Waals surface area contributed by atoms with E-state index in [0.717, 1.165) is 57.8 Å². The average Bonchev–Trinajstić information content (AvgIpc) is 2.89. The first-order chi connectivity index (χ1) is 18.1. The van der Waals surface area contributed by atoms with Crippen molar-refractivity contribution >= 4 is 16.9 Å². The van der Waals surface area contributed by atoms with Crippen molar-refractivity contribution in [3.8, 4) is 11.4 Å². The Balaban J connectivity index is 1.47. The van der Waals surface area contributed by atoms with Crippen molar-refractivity contribution in [3.05, 3.63) is 98.3 Å². The zero-order valence-electron chi connectivity index (χ0n) is 19.6. The molecule has 0 saturated heterocycles. The van der Waals surface area contributed by atoms with Crippen LogP contribution >= 0.6 is 0 Å². The highest BCUT2D eigenvalue weighted by atomic mass is 19.2. The zero-order chi connectivity index (χ0) is 27.1. The Morgan fingerprint density at radius 2 is 1.66 bits per heavy atom. The molecular formula is C26H20F4N4O4. The van der Waals surface area contributed by atoms with Crippen LogP contribution in [0.15, 0.2) is 58.3 Å². The summed E-state index contributed by atoms with van der Waals surface area (Å²) in [7, 11) is 0. The van der Waals surface area contributed by atoms with Crippen LogP contribution in [0.3, 0.4) is 0 Å². The van der Waals surface area contributed by atoms with Gasteiger partial charge in [0.1, 0.15) is 17.4 Å². The van der Waals surface area contributed by atoms with Crippen LogP contribution in [-0.2, 0) is 0 Å². The number of carbonyl (C=O) groups is 1. The fourth-order valence-corrected chi connectivity index (χ4v) is 4.79. The summed E-state index contributed by atoms with van der Waals surface area (Å²) >= 11 is 0. The fourth-order valence-electron chi connectivity index (χ4n) is 4.79. The SMILES string of the molecule is O=C(N[C@H]1CC[C@@H](n2c(=O)c3cc(F)cnc3n(-c3ccc(F)c(F)c3)c2=O)CC1)c1cc(F)ccc1O. The fraction of sp³-hybridized carbons (Fsp3) is 0.231. The number of hydrogen-bond acceptors (Lipinski definition) is 5. The molecule has 8 nitrogen and oxygen atoms in total. The zero-order valence-corrected chi connectivity index (χ0v) is 19.6. The number of halogens is 4. The monoisotopic (exact) mass is 528 g/mol. The molecule has 0 bridgehead atoms. The molecule has 1 aliphatic rings. The number of carbonyl (C=O) groups excluding carboxylic acids is 1. The Morgan fingerprint density at radius 1 is 0.921 bits per heavy atom. The number of aromatic hydroxyl groups is 1. The van der Waals surface area contributed by atoms with Crippen molar-refractivity contribution in [2.45, 2.75) is 37.8 Å². The molecule has 0 atom stereocenters. The second-order valence-electron chi connectivity index (χ2n) is 9.06. The minimum absolute atomic E-state index is 0.0948. The van der Waals surface area contributed by atoms with Gasteiger partial charge in [0.15, 0.2) is 17.3 Å². The molecular weight excluding hydrogens is 508 g/mol. The van der Waals surface area contributed by atoms with E-state index in [9.17, 15) is 37.1 Å². The summed E-state index contributed by atoms with van der Waals surface area (Å²) in [5.74, 6) is -4.90. The van der Waals surface area contributed by atoms with E-state index in [1.54, 1.807) is 0 Å². The highest BCUT2D eigenvalue weighted by Crippen LogP contribution is 2.28. The number of phenols is 1. The molecule has 0 radical (unpaired) electrons. The number of benzene rings is 2. The number of aromatic nitrogens is 3. The van der Waals surface area contributed by atoms with Crippen LogP contribution in [0, 0.1) is 23.3 Å². The van der Waals surface area contributed by atoms with Crippen LogP contribution in [-0.4, -0.2) is 31.2 Å². The van der Waals surface area contributed by atoms with Gasteiger partial charge in [-0.15, -0.1) is 0 Å². The average molecular weight is 528 g/mol. The lowest BCUT2D eigenvalue weighted by molar-refractivity contribution is 0.0918. The van der Waals surface area contributed by atoms with Gasteiger partial charge in [-0.1, -0.05) is 0 Å². The summed E-state index contributed by atoms with van der Waals surface area (Å²) < 4.78 is 57.0. The molecule has 5 rings (SSSR count). The number of phenolic OH excluding ortho intramolecular Hbond substituents is 1. The van der Waals surface area contributed by atoms with Crippen molar-refractivity contribution in [1.29, 1.82) is 0 Å². The van der Waals surface area contributed by atoms with E-state index in [0.29, 0.717) is 12.8 Å². The molecule has 38 heavy (non-hydrogen) atoms. The number of nitrogens with zero attached hydrogens (tertiary/aromatic N) is 3. The molecule has 1 saturated carbocycles. The first-order valence-electron chi connectivity index (χ1n) is 11.7. The summed E-state index contributed by atoms with van der Waals surface area (Å²) in [4.78, 5) is 43.2. The van der Waals surface area contributed by atoms with Crippen LogP contribution in [0.1, 0.15) is 42.1 Å². The molecule has 1 aliphatic carbocycles. The predicted molar refractivity (Wildman–Crippen MR) is 128 cm³/mol. The number of amides is 1. The van der Waals surface area contributed by atoms with Gasteiger partial charge >= 0.3 is 5.69 Å². The van der Waals surface area contributed by atoms with Gasteiger partial charge in [0.2, 0.25) is 0 Å². The summed E-state index contributed by atoms with van der Waals surface area (Å²) in [5, 5.41) is 12.4. The third kappa shape index (κ3) is 4.53. The van der Waals surface area contributed by atoms with Gasteiger partial charge < -0.3 is 10.4 Å². The Labute approximate surface area is 211 Å². The number of rotatable bonds is 4. The maximum absolute atomic E-state index is 14.0. The van der Waals surface area contributed by atoms with Crippen molar-refractivity contribution < 1.29 is 27.5 Å². The number of nitrogens with one attached hydrogen (secondary N) is 1. The maximum atomic E-state index is 14.0. The molecule has 0 aliphatic heterocycles. The number of hydrogen-bond donors (Lipinski definition) is 2. The van der Waals surface area contributed by atoms with E-state index >= 15 is 0 Å². The summed E-state index contributed by atoms with van der Waals surface area (Å²) in [6, 6.07) is 5.66. The lowest BCUT2D eigenvalue weighted by Gasteiger charge is -2.30. The summed E-state index contributed by atoms with van der Waals surface area (Å²) in [6.07, 6.45) is 2.01. The molecule has 12 heteroatoms. The van der Waals surface area contributed by atoms with E-state index in [2.05, 4.69) is 10.3 Å². The second-order valence-corrected chi connectivity index (χ2v) is 9.06. The highest BCUT2D eigenvalue weighted by molar-refractivity contribution is 5.97. The van der Waals surface area contributed by atoms with E-state index in [1.165, 1.54) is 0 Å². The van der Waals surface area contributed by atoms with Gasteiger partial charge in [-0.3, -0.25) is 14.2 Å². The van der Waals surface area contributed by atoms with Gasteiger partial charge in [0.05, 0.1) is 22.8 Å². The Kier molecular flexibility index (Phi) is 6.47.